The fraction of sp³-hybridized carbons (Fsp3) is 0.0800. The van der Waals surface area contributed by atoms with Gasteiger partial charge in [-0.3, -0.25) is 14.5 Å². The molecule has 0 aliphatic carbocycles. The van der Waals surface area contributed by atoms with Crippen molar-refractivity contribution in [3.05, 3.63) is 101 Å². The second-order valence-corrected chi connectivity index (χ2v) is 8.56. The van der Waals surface area contributed by atoms with Gasteiger partial charge in [0, 0.05) is 5.56 Å². The lowest BCUT2D eigenvalue weighted by atomic mass is 9.95. The molecule has 7 heteroatoms. The summed E-state index contributed by atoms with van der Waals surface area (Å²) in [6, 6.07) is 19.4. The zero-order valence-corrected chi connectivity index (χ0v) is 17.8. The molecule has 158 valence electrons. The van der Waals surface area contributed by atoms with E-state index in [9.17, 15) is 19.1 Å². The molecule has 0 spiro atoms. The van der Waals surface area contributed by atoms with Gasteiger partial charge in [-0.15, -0.1) is 0 Å². The predicted molar refractivity (Wildman–Crippen MR) is 122 cm³/mol. The van der Waals surface area contributed by atoms with Crippen LogP contribution in [0.3, 0.4) is 0 Å². The molecular formula is C25H17FN2O3S. The quantitative estimate of drug-likeness (QED) is 0.262. The number of aliphatic hydroxyl groups is 1. The first kappa shape index (κ1) is 20.1. The van der Waals surface area contributed by atoms with Crippen LogP contribution in [0.15, 0.2) is 78.4 Å². The number of thiazole rings is 1. The normalized spacial score (nSPS) is 17.9. The number of benzene rings is 3. The summed E-state index contributed by atoms with van der Waals surface area (Å²) in [5, 5.41) is 11.4. The predicted octanol–water partition coefficient (Wildman–Crippen LogP) is 5.37. The number of aliphatic hydroxyl groups excluding tert-OH is 1. The molecule has 0 bridgehead atoms. The first-order valence-electron chi connectivity index (χ1n) is 9.93. The SMILES string of the molecule is Cc1ccc(C(O)=C2C(=O)C(=O)N(c3nc4ccc(F)cc4s3)C2c2ccccc2)cc1. The van der Waals surface area contributed by atoms with E-state index in [-0.39, 0.29) is 16.5 Å². The Balaban J connectivity index is 1.72. The molecule has 5 rings (SSSR count). The Morgan fingerprint density at radius 2 is 1.75 bits per heavy atom. The number of Topliss-reactive ketones (excluding diaryl/α,β-unsaturated/α-hetero) is 1. The van der Waals surface area contributed by atoms with E-state index in [0.29, 0.717) is 21.3 Å². The third-order valence-electron chi connectivity index (χ3n) is 5.43. The van der Waals surface area contributed by atoms with E-state index in [4.69, 9.17) is 0 Å². The van der Waals surface area contributed by atoms with Gasteiger partial charge in [0.05, 0.1) is 21.8 Å². The van der Waals surface area contributed by atoms with Gasteiger partial charge in [0.15, 0.2) is 5.13 Å². The number of hydrogen-bond donors (Lipinski definition) is 1. The van der Waals surface area contributed by atoms with Crippen LogP contribution < -0.4 is 4.90 Å². The highest BCUT2D eigenvalue weighted by molar-refractivity contribution is 7.22. The topological polar surface area (TPSA) is 70.5 Å². The molecule has 1 saturated heterocycles. The number of nitrogens with zero attached hydrogens (tertiary/aromatic N) is 2. The maximum atomic E-state index is 13.7. The van der Waals surface area contributed by atoms with E-state index >= 15 is 0 Å². The average molecular weight is 444 g/mol. The number of aromatic nitrogens is 1. The number of amides is 1. The highest BCUT2D eigenvalue weighted by Crippen LogP contribution is 2.44. The van der Waals surface area contributed by atoms with E-state index in [1.165, 1.54) is 23.1 Å². The number of halogens is 1. The highest BCUT2D eigenvalue weighted by atomic mass is 32.1. The smallest absolute Gasteiger partial charge is 0.301 e. The molecule has 1 N–H and O–H groups in total. The molecule has 32 heavy (non-hydrogen) atoms. The maximum Gasteiger partial charge on any atom is 0.301 e. The summed E-state index contributed by atoms with van der Waals surface area (Å²) in [4.78, 5) is 32.1. The summed E-state index contributed by atoms with van der Waals surface area (Å²) in [5.41, 5.74) is 2.63. The van der Waals surface area contributed by atoms with E-state index in [1.807, 2.05) is 25.1 Å². The van der Waals surface area contributed by atoms with Gasteiger partial charge in [-0.05, 0) is 30.7 Å². The van der Waals surface area contributed by atoms with Gasteiger partial charge in [0.2, 0.25) is 0 Å². The summed E-state index contributed by atoms with van der Waals surface area (Å²) in [6.45, 7) is 1.92. The van der Waals surface area contributed by atoms with Crippen LogP contribution in [0.2, 0.25) is 0 Å². The molecule has 0 saturated carbocycles. The van der Waals surface area contributed by atoms with Crippen LogP contribution in [0.1, 0.15) is 22.7 Å². The number of rotatable bonds is 3. The monoisotopic (exact) mass is 444 g/mol. The number of ketones is 1. The number of aryl methyl sites for hydroxylation is 1. The van der Waals surface area contributed by atoms with Gasteiger partial charge in [-0.1, -0.05) is 71.5 Å². The lowest BCUT2D eigenvalue weighted by Gasteiger charge is -2.22. The summed E-state index contributed by atoms with van der Waals surface area (Å²) >= 11 is 1.12. The summed E-state index contributed by atoms with van der Waals surface area (Å²) < 4.78 is 14.3. The van der Waals surface area contributed by atoms with Gasteiger partial charge in [-0.25, -0.2) is 9.37 Å². The van der Waals surface area contributed by atoms with Crippen LogP contribution in [0.5, 0.6) is 0 Å². The van der Waals surface area contributed by atoms with E-state index < -0.39 is 23.5 Å². The van der Waals surface area contributed by atoms with Crippen molar-refractivity contribution in [2.45, 2.75) is 13.0 Å². The van der Waals surface area contributed by atoms with Crippen molar-refractivity contribution in [1.82, 2.24) is 4.98 Å². The fourth-order valence-corrected chi connectivity index (χ4v) is 4.85. The summed E-state index contributed by atoms with van der Waals surface area (Å²) in [7, 11) is 0. The lowest BCUT2D eigenvalue weighted by Crippen LogP contribution is -2.29. The Morgan fingerprint density at radius 3 is 2.47 bits per heavy atom. The molecule has 1 aliphatic heterocycles. The van der Waals surface area contributed by atoms with E-state index in [1.54, 1.807) is 36.4 Å². The summed E-state index contributed by atoms with van der Waals surface area (Å²) in [6.07, 6.45) is 0. The van der Waals surface area contributed by atoms with Crippen LogP contribution in [-0.4, -0.2) is 21.8 Å². The van der Waals surface area contributed by atoms with Crippen LogP contribution in [-0.2, 0) is 9.59 Å². The fourth-order valence-electron chi connectivity index (χ4n) is 3.84. The molecule has 0 radical (unpaired) electrons. The van der Waals surface area contributed by atoms with Crippen LogP contribution >= 0.6 is 11.3 Å². The Kier molecular flexibility index (Phi) is 4.83. The van der Waals surface area contributed by atoms with Gasteiger partial charge in [0.25, 0.3) is 5.78 Å². The number of carbonyl (C=O) groups is 2. The largest absolute Gasteiger partial charge is 0.507 e. The average Bonchev–Trinajstić information content (AvgIpc) is 3.32. The molecule has 4 aromatic rings. The number of hydrogen-bond acceptors (Lipinski definition) is 5. The van der Waals surface area contributed by atoms with Crippen LogP contribution in [0.25, 0.3) is 16.0 Å². The zero-order valence-electron chi connectivity index (χ0n) is 16.9. The van der Waals surface area contributed by atoms with E-state index in [0.717, 1.165) is 16.9 Å². The Bertz CT molecular complexity index is 1390. The van der Waals surface area contributed by atoms with Crippen molar-refractivity contribution in [3.8, 4) is 0 Å². The molecule has 2 heterocycles. The standard InChI is InChI=1S/C25H17FN2O3S/c1-14-7-9-16(10-8-14)22(29)20-21(15-5-3-2-4-6-15)28(24(31)23(20)30)25-27-18-12-11-17(26)13-19(18)32-25/h2-13,21,29H,1H3. The molecule has 1 aliphatic rings. The molecule has 1 aromatic heterocycles. The van der Waals surface area contributed by atoms with Gasteiger partial charge in [0.1, 0.15) is 11.6 Å². The van der Waals surface area contributed by atoms with Crippen molar-refractivity contribution >= 4 is 44.1 Å². The second-order valence-electron chi connectivity index (χ2n) is 7.55. The number of fused-ring (bicyclic) bond motifs is 1. The first-order valence-corrected chi connectivity index (χ1v) is 10.7. The van der Waals surface area contributed by atoms with Crippen molar-refractivity contribution in [1.29, 1.82) is 0 Å². The van der Waals surface area contributed by atoms with Crippen molar-refractivity contribution in [3.63, 3.8) is 0 Å². The Hall–Kier alpha value is -3.84. The minimum Gasteiger partial charge on any atom is -0.507 e. The molecule has 3 aromatic carbocycles. The first-order chi connectivity index (χ1) is 15.4. The second kappa shape index (κ2) is 7.69. The third kappa shape index (κ3) is 3.27. The summed E-state index contributed by atoms with van der Waals surface area (Å²) in [5.74, 6) is -2.23. The molecule has 5 nitrogen and oxygen atoms in total. The molecule has 1 amide bonds. The van der Waals surface area contributed by atoms with Crippen LogP contribution in [0, 0.1) is 12.7 Å². The molecular weight excluding hydrogens is 427 g/mol. The highest BCUT2D eigenvalue weighted by Gasteiger charge is 2.48. The molecule has 1 fully saturated rings. The molecule has 1 atom stereocenters. The van der Waals surface area contributed by atoms with E-state index in [2.05, 4.69) is 4.98 Å². The minimum absolute atomic E-state index is 0.00418. The Labute approximate surface area is 187 Å². The van der Waals surface area contributed by atoms with Crippen molar-refractivity contribution in [2.75, 3.05) is 4.90 Å². The maximum absolute atomic E-state index is 13.7. The van der Waals surface area contributed by atoms with Crippen molar-refractivity contribution < 1.29 is 19.1 Å². The molecule has 1 unspecified atom stereocenters. The number of anilines is 1. The van der Waals surface area contributed by atoms with Crippen LogP contribution in [0.4, 0.5) is 9.52 Å². The zero-order chi connectivity index (χ0) is 22.4. The van der Waals surface area contributed by atoms with Gasteiger partial charge < -0.3 is 5.11 Å². The van der Waals surface area contributed by atoms with Crippen molar-refractivity contribution in [2.24, 2.45) is 0 Å². The minimum atomic E-state index is -0.858. The lowest BCUT2D eigenvalue weighted by molar-refractivity contribution is -0.132. The third-order valence-corrected chi connectivity index (χ3v) is 6.45. The van der Waals surface area contributed by atoms with Gasteiger partial charge >= 0.3 is 5.91 Å². The number of carbonyl (C=O) groups excluding carboxylic acids is 2. The Morgan fingerprint density at radius 1 is 1.03 bits per heavy atom. The van der Waals surface area contributed by atoms with Gasteiger partial charge in [-0.2, -0.15) is 0 Å².